The molecule has 116 valence electrons. The SMILES string of the molecule is N#Cc1ccc(OCC(=O)Nc2cc(Cl)cc(C(=O)O)c2)cc1. The van der Waals surface area contributed by atoms with Crippen molar-refractivity contribution in [2.45, 2.75) is 0 Å². The van der Waals surface area contributed by atoms with Gasteiger partial charge in [0.05, 0.1) is 17.2 Å². The quantitative estimate of drug-likeness (QED) is 0.878. The van der Waals surface area contributed by atoms with Gasteiger partial charge in [-0.25, -0.2) is 4.79 Å². The van der Waals surface area contributed by atoms with Crippen LogP contribution in [0.15, 0.2) is 42.5 Å². The first-order chi connectivity index (χ1) is 11.0. The number of carbonyl (C=O) groups is 2. The van der Waals surface area contributed by atoms with Crippen molar-refractivity contribution in [1.82, 2.24) is 0 Å². The molecule has 7 heteroatoms. The molecule has 23 heavy (non-hydrogen) atoms. The van der Waals surface area contributed by atoms with Crippen LogP contribution < -0.4 is 10.1 Å². The van der Waals surface area contributed by atoms with Gasteiger partial charge in [-0.1, -0.05) is 11.6 Å². The van der Waals surface area contributed by atoms with E-state index in [4.69, 9.17) is 26.7 Å². The third-order valence-corrected chi connectivity index (χ3v) is 3.00. The maximum Gasteiger partial charge on any atom is 0.335 e. The Balaban J connectivity index is 1.96. The van der Waals surface area contributed by atoms with Gasteiger partial charge in [-0.3, -0.25) is 4.79 Å². The van der Waals surface area contributed by atoms with Crippen LogP contribution >= 0.6 is 11.6 Å². The summed E-state index contributed by atoms with van der Waals surface area (Å²) in [6, 6.07) is 12.3. The van der Waals surface area contributed by atoms with Crippen molar-refractivity contribution >= 4 is 29.2 Å². The molecule has 2 aromatic carbocycles. The second-order valence-corrected chi connectivity index (χ2v) is 4.94. The summed E-state index contributed by atoms with van der Waals surface area (Å²) in [5.74, 6) is -1.17. The van der Waals surface area contributed by atoms with Gasteiger partial charge in [0, 0.05) is 10.7 Å². The molecule has 0 radical (unpaired) electrons. The van der Waals surface area contributed by atoms with Gasteiger partial charge in [-0.05, 0) is 42.5 Å². The Bertz CT molecular complexity index is 782. The van der Waals surface area contributed by atoms with Crippen LogP contribution in [0.3, 0.4) is 0 Å². The van der Waals surface area contributed by atoms with E-state index in [-0.39, 0.29) is 22.9 Å². The molecule has 0 aliphatic carbocycles. The summed E-state index contributed by atoms with van der Waals surface area (Å²) in [6.45, 7) is -0.263. The summed E-state index contributed by atoms with van der Waals surface area (Å²) < 4.78 is 5.28. The Morgan fingerprint density at radius 3 is 2.52 bits per heavy atom. The number of aromatic carboxylic acids is 1. The van der Waals surface area contributed by atoms with Crippen LogP contribution in [0.4, 0.5) is 5.69 Å². The maximum atomic E-state index is 11.8. The first kappa shape index (κ1) is 16.3. The smallest absolute Gasteiger partial charge is 0.335 e. The lowest BCUT2D eigenvalue weighted by Gasteiger charge is -2.08. The zero-order chi connectivity index (χ0) is 16.8. The largest absolute Gasteiger partial charge is 0.484 e. The second kappa shape index (κ2) is 7.29. The first-order valence-corrected chi connectivity index (χ1v) is 6.82. The number of carbonyl (C=O) groups excluding carboxylic acids is 1. The Morgan fingerprint density at radius 2 is 1.91 bits per heavy atom. The van der Waals surface area contributed by atoms with Crippen molar-refractivity contribution in [2.24, 2.45) is 0 Å². The highest BCUT2D eigenvalue weighted by molar-refractivity contribution is 6.31. The third kappa shape index (κ3) is 4.73. The molecule has 6 nitrogen and oxygen atoms in total. The van der Waals surface area contributed by atoms with Gasteiger partial charge in [0.25, 0.3) is 5.91 Å². The molecule has 0 heterocycles. The van der Waals surface area contributed by atoms with E-state index in [1.807, 2.05) is 6.07 Å². The molecule has 0 unspecified atom stereocenters. The molecule has 0 saturated carbocycles. The molecule has 0 fully saturated rings. The highest BCUT2D eigenvalue weighted by atomic mass is 35.5. The molecule has 0 aliphatic rings. The fourth-order valence-electron chi connectivity index (χ4n) is 1.76. The molecule has 2 aromatic rings. The van der Waals surface area contributed by atoms with Crippen LogP contribution in [-0.4, -0.2) is 23.6 Å². The van der Waals surface area contributed by atoms with Crippen LogP contribution in [0, 0.1) is 11.3 Å². The van der Waals surface area contributed by atoms with Crippen molar-refractivity contribution in [3.05, 3.63) is 58.6 Å². The number of anilines is 1. The maximum absolute atomic E-state index is 11.8. The summed E-state index contributed by atoms with van der Waals surface area (Å²) in [7, 11) is 0. The number of benzene rings is 2. The van der Waals surface area contributed by atoms with E-state index in [0.717, 1.165) is 0 Å². The molecule has 2 N–H and O–H groups in total. The molecule has 0 spiro atoms. The molecule has 0 saturated heterocycles. The monoisotopic (exact) mass is 330 g/mol. The van der Waals surface area contributed by atoms with Crippen LogP contribution in [0.2, 0.25) is 5.02 Å². The van der Waals surface area contributed by atoms with Gasteiger partial charge in [-0.2, -0.15) is 5.26 Å². The van der Waals surface area contributed by atoms with Crippen molar-refractivity contribution < 1.29 is 19.4 Å². The zero-order valence-electron chi connectivity index (χ0n) is 11.7. The Labute approximate surface area is 136 Å². The predicted molar refractivity (Wildman–Crippen MR) is 83.7 cm³/mol. The van der Waals surface area contributed by atoms with Gasteiger partial charge >= 0.3 is 5.97 Å². The number of carboxylic acid groups (broad SMARTS) is 1. The number of nitrogens with one attached hydrogen (secondary N) is 1. The summed E-state index contributed by atoms with van der Waals surface area (Å²) in [6.07, 6.45) is 0. The molecule has 2 rings (SSSR count). The first-order valence-electron chi connectivity index (χ1n) is 6.44. The standard InChI is InChI=1S/C16H11ClN2O4/c17-12-5-11(16(21)22)6-13(7-12)19-15(20)9-23-14-3-1-10(8-18)2-4-14/h1-7H,9H2,(H,19,20)(H,21,22). The van der Waals surface area contributed by atoms with Crippen LogP contribution in [-0.2, 0) is 4.79 Å². The minimum absolute atomic E-state index is 0.0270. The van der Waals surface area contributed by atoms with Gasteiger partial charge in [0.1, 0.15) is 5.75 Å². The molecule has 0 aliphatic heterocycles. The average molecular weight is 331 g/mol. The molecule has 0 atom stereocenters. The number of halogens is 1. The van der Waals surface area contributed by atoms with Crippen LogP contribution in [0.5, 0.6) is 5.75 Å². The van der Waals surface area contributed by atoms with E-state index < -0.39 is 11.9 Å². The zero-order valence-corrected chi connectivity index (χ0v) is 12.5. The molecular weight excluding hydrogens is 320 g/mol. The van der Waals surface area contributed by atoms with Gasteiger partial charge in [0.2, 0.25) is 0 Å². The number of hydrogen-bond donors (Lipinski definition) is 2. The Morgan fingerprint density at radius 1 is 1.22 bits per heavy atom. The molecule has 0 aromatic heterocycles. The predicted octanol–water partition coefficient (Wildman–Crippen LogP) is 2.93. The van der Waals surface area contributed by atoms with E-state index >= 15 is 0 Å². The average Bonchev–Trinajstić information content (AvgIpc) is 2.52. The Hall–Kier alpha value is -3.04. The summed E-state index contributed by atoms with van der Waals surface area (Å²) in [4.78, 5) is 22.8. The highest BCUT2D eigenvalue weighted by Gasteiger charge is 2.09. The fourth-order valence-corrected chi connectivity index (χ4v) is 1.99. The van der Waals surface area contributed by atoms with Crippen molar-refractivity contribution in [3.63, 3.8) is 0 Å². The normalized spacial score (nSPS) is 9.74. The van der Waals surface area contributed by atoms with E-state index in [9.17, 15) is 9.59 Å². The molecule has 1 amide bonds. The summed E-state index contributed by atoms with van der Waals surface area (Å²) >= 11 is 5.81. The van der Waals surface area contributed by atoms with E-state index in [2.05, 4.69) is 5.32 Å². The number of ether oxygens (including phenoxy) is 1. The van der Waals surface area contributed by atoms with Crippen molar-refractivity contribution in [2.75, 3.05) is 11.9 Å². The van der Waals surface area contributed by atoms with E-state index in [0.29, 0.717) is 11.3 Å². The fraction of sp³-hybridized carbons (Fsp3) is 0.0625. The highest BCUT2D eigenvalue weighted by Crippen LogP contribution is 2.19. The third-order valence-electron chi connectivity index (χ3n) is 2.78. The minimum atomic E-state index is -1.14. The molecular formula is C16H11ClN2O4. The summed E-state index contributed by atoms with van der Waals surface area (Å²) in [5.41, 5.74) is 0.728. The van der Waals surface area contributed by atoms with Crippen molar-refractivity contribution in [3.8, 4) is 11.8 Å². The number of nitriles is 1. The number of rotatable bonds is 5. The molecule has 0 bridgehead atoms. The number of nitrogens with zero attached hydrogens (tertiary/aromatic N) is 1. The van der Waals surface area contributed by atoms with Gasteiger partial charge in [0.15, 0.2) is 6.61 Å². The lowest BCUT2D eigenvalue weighted by molar-refractivity contribution is -0.118. The van der Waals surface area contributed by atoms with E-state index in [1.165, 1.54) is 18.2 Å². The van der Waals surface area contributed by atoms with E-state index in [1.54, 1.807) is 24.3 Å². The van der Waals surface area contributed by atoms with Crippen LogP contribution in [0.25, 0.3) is 0 Å². The summed E-state index contributed by atoms with van der Waals surface area (Å²) in [5, 5.41) is 20.3. The lowest BCUT2D eigenvalue weighted by atomic mass is 10.2. The minimum Gasteiger partial charge on any atom is -0.484 e. The Kier molecular flexibility index (Phi) is 5.18. The second-order valence-electron chi connectivity index (χ2n) is 4.51. The lowest BCUT2D eigenvalue weighted by Crippen LogP contribution is -2.20. The number of carboxylic acids is 1. The van der Waals surface area contributed by atoms with Crippen LogP contribution in [0.1, 0.15) is 15.9 Å². The van der Waals surface area contributed by atoms with Gasteiger partial charge < -0.3 is 15.2 Å². The topological polar surface area (TPSA) is 99.4 Å². The number of hydrogen-bond acceptors (Lipinski definition) is 4. The van der Waals surface area contributed by atoms with Gasteiger partial charge in [-0.15, -0.1) is 0 Å². The number of amides is 1. The van der Waals surface area contributed by atoms with Crippen molar-refractivity contribution in [1.29, 1.82) is 5.26 Å².